The third kappa shape index (κ3) is 2.85. The molecule has 1 saturated carbocycles. The number of aryl methyl sites for hydroxylation is 1. The summed E-state index contributed by atoms with van der Waals surface area (Å²) in [5.41, 5.74) is 2.75. The average molecular weight is 390 g/mol. The lowest BCUT2D eigenvalue weighted by Gasteiger charge is -2.09. The quantitative estimate of drug-likeness (QED) is 0.623. The third-order valence-electron chi connectivity index (χ3n) is 4.86. The fraction of sp³-hybridized carbons (Fsp3) is 0.316. The summed E-state index contributed by atoms with van der Waals surface area (Å²) in [5, 5.41) is 0.982. The molecule has 2 aromatic heterocycles. The number of halogens is 2. The van der Waals surface area contributed by atoms with Crippen LogP contribution in [0.5, 0.6) is 0 Å². The number of ketones is 1. The number of rotatable bonds is 4. The highest BCUT2D eigenvalue weighted by atomic mass is 35.5. The smallest absolute Gasteiger partial charge is 0.261 e. The van der Waals surface area contributed by atoms with E-state index in [9.17, 15) is 9.59 Å². The Morgan fingerprint density at radius 1 is 1.23 bits per heavy atom. The van der Waals surface area contributed by atoms with Crippen LogP contribution >= 0.6 is 23.2 Å². The highest BCUT2D eigenvalue weighted by Gasteiger charge is 2.28. The zero-order valence-corrected chi connectivity index (χ0v) is 15.9. The van der Waals surface area contributed by atoms with E-state index in [0.717, 1.165) is 24.2 Å². The lowest BCUT2D eigenvalue weighted by atomic mass is 10.1. The molecule has 1 fully saturated rings. The van der Waals surface area contributed by atoms with Crippen molar-refractivity contribution in [2.45, 2.75) is 39.3 Å². The molecule has 0 unspecified atom stereocenters. The van der Waals surface area contributed by atoms with E-state index in [1.807, 2.05) is 19.9 Å². The fourth-order valence-electron chi connectivity index (χ4n) is 3.50. The molecule has 4 rings (SSSR count). The van der Waals surface area contributed by atoms with Gasteiger partial charge in [0.25, 0.3) is 5.56 Å². The van der Waals surface area contributed by atoms with Crippen LogP contribution in [0.15, 0.2) is 29.3 Å². The van der Waals surface area contributed by atoms with Gasteiger partial charge in [-0.3, -0.25) is 14.2 Å². The summed E-state index contributed by atoms with van der Waals surface area (Å²) < 4.78 is 3.52. The summed E-state index contributed by atoms with van der Waals surface area (Å²) >= 11 is 12.1. The predicted molar refractivity (Wildman–Crippen MR) is 103 cm³/mol. The van der Waals surface area contributed by atoms with Crippen LogP contribution in [0.4, 0.5) is 0 Å². The van der Waals surface area contributed by atoms with Crippen LogP contribution < -0.4 is 5.56 Å². The molecule has 134 valence electrons. The number of aromatic nitrogens is 3. The van der Waals surface area contributed by atoms with Crippen molar-refractivity contribution in [1.82, 2.24) is 14.1 Å². The molecule has 0 bridgehead atoms. The van der Waals surface area contributed by atoms with Crippen molar-refractivity contribution in [3.05, 3.63) is 61.9 Å². The second kappa shape index (κ2) is 6.25. The van der Waals surface area contributed by atoms with E-state index in [0.29, 0.717) is 32.6 Å². The zero-order chi connectivity index (χ0) is 18.6. The maximum atomic E-state index is 12.8. The molecule has 26 heavy (non-hydrogen) atoms. The molecular weight excluding hydrogens is 373 g/mol. The second-order valence-electron chi connectivity index (χ2n) is 6.77. The van der Waals surface area contributed by atoms with Crippen molar-refractivity contribution in [1.29, 1.82) is 0 Å². The molecule has 0 radical (unpaired) electrons. The summed E-state index contributed by atoms with van der Waals surface area (Å²) in [6.07, 6.45) is 3.67. The van der Waals surface area contributed by atoms with Gasteiger partial charge in [0, 0.05) is 28.0 Å². The van der Waals surface area contributed by atoms with Gasteiger partial charge in [-0.25, -0.2) is 4.98 Å². The highest BCUT2D eigenvalue weighted by Crippen LogP contribution is 2.38. The van der Waals surface area contributed by atoms with E-state index in [1.54, 1.807) is 6.07 Å². The van der Waals surface area contributed by atoms with Crippen LogP contribution in [0.3, 0.4) is 0 Å². The Hall–Kier alpha value is -2.11. The Morgan fingerprint density at radius 3 is 2.65 bits per heavy atom. The first-order chi connectivity index (χ1) is 12.4. The minimum atomic E-state index is -0.330. The maximum absolute atomic E-state index is 12.8. The van der Waals surface area contributed by atoms with Gasteiger partial charge < -0.3 is 4.57 Å². The van der Waals surface area contributed by atoms with Crippen LogP contribution in [0.25, 0.3) is 10.9 Å². The van der Waals surface area contributed by atoms with Gasteiger partial charge in [0.05, 0.1) is 28.8 Å². The molecule has 2 heterocycles. The van der Waals surface area contributed by atoms with Crippen molar-refractivity contribution in [3.63, 3.8) is 0 Å². The van der Waals surface area contributed by atoms with Crippen LogP contribution in [-0.2, 0) is 6.54 Å². The molecular formula is C19H17Cl2N3O2. The molecule has 5 nitrogen and oxygen atoms in total. The van der Waals surface area contributed by atoms with E-state index in [-0.39, 0.29) is 17.9 Å². The standard InChI is InChI=1S/C19H17Cl2N3O2/c1-10-5-14(11(2)24(10)13-3-4-13)17(25)8-23-9-22-18-15(19(23)26)6-12(20)7-16(18)21/h5-7,9,13H,3-4,8H2,1-2H3. The monoisotopic (exact) mass is 389 g/mol. The first-order valence-corrected chi connectivity index (χ1v) is 9.18. The molecule has 1 aliphatic carbocycles. The molecule has 0 spiro atoms. The number of hydrogen-bond donors (Lipinski definition) is 0. The summed E-state index contributed by atoms with van der Waals surface area (Å²) in [6, 6.07) is 5.48. The van der Waals surface area contributed by atoms with Crippen LogP contribution in [0.1, 0.15) is 40.6 Å². The molecule has 0 amide bonds. The Morgan fingerprint density at radius 2 is 1.96 bits per heavy atom. The average Bonchev–Trinajstić information content (AvgIpc) is 3.35. The van der Waals surface area contributed by atoms with E-state index in [4.69, 9.17) is 23.2 Å². The molecule has 0 N–H and O–H groups in total. The van der Waals surface area contributed by atoms with Crippen molar-refractivity contribution in [2.24, 2.45) is 0 Å². The molecule has 3 aromatic rings. The van der Waals surface area contributed by atoms with Crippen LogP contribution in [0, 0.1) is 13.8 Å². The van der Waals surface area contributed by atoms with Gasteiger partial charge in [0.1, 0.15) is 0 Å². The van der Waals surface area contributed by atoms with Crippen molar-refractivity contribution in [2.75, 3.05) is 0 Å². The van der Waals surface area contributed by atoms with E-state index < -0.39 is 0 Å². The highest BCUT2D eigenvalue weighted by molar-refractivity contribution is 6.38. The number of Topliss-reactive ketones (excluding diaryl/α,β-unsaturated/α-hetero) is 1. The summed E-state index contributed by atoms with van der Waals surface area (Å²) in [7, 11) is 0. The first kappa shape index (κ1) is 17.3. The largest absolute Gasteiger partial charge is 0.345 e. The first-order valence-electron chi connectivity index (χ1n) is 8.42. The lowest BCUT2D eigenvalue weighted by molar-refractivity contribution is 0.0970. The molecule has 0 aliphatic heterocycles. The van der Waals surface area contributed by atoms with Gasteiger partial charge in [0.2, 0.25) is 0 Å². The van der Waals surface area contributed by atoms with Gasteiger partial charge in [-0.15, -0.1) is 0 Å². The SMILES string of the molecule is Cc1cc(C(=O)Cn2cnc3c(Cl)cc(Cl)cc3c2=O)c(C)n1C1CC1. The Kier molecular flexibility index (Phi) is 4.16. The van der Waals surface area contributed by atoms with E-state index in [1.165, 1.54) is 17.0 Å². The second-order valence-corrected chi connectivity index (χ2v) is 7.61. The minimum Gasteiger partial charge on any atom is -0.345 e. The number of carbonyl (C=O) groups excluding carboxylic acids is 1. The number of hydrogen-bond acceptors (Lipinski definition) is 3. The number of benzene rings is 1. The third-order valence-corrected chi connectivity index (χ3v) is 5.36. The van der Waals surface area contributed by atoms with E-state index in [2.05, 4.69) is 9.55 Å². The van der Waals surface area contributed by atoms with Crippen molar-refractivity contribution >= 4 is 39.9 Å². The summed E-state index contributed by atoms with van der Waals surface area (Å²) in [4.78, 5) is 29.8. The van der Waals surface area contributed by atoms with Crippen molar-refractivity contribution in [3.8, 4) is 0 Å². The number of carbonyl (C=O) groups is 1. The fourth-order valence-corrected chi connectivity index (χ4v) is 4.04. The predicted octanol–water partition coefficient (Wildman–Crippen LogP) is 4.34. The summed E-state index contributed by atoms with van der Waals surface area (Å²) in [6.45, 7) is 3.90. The topological polar surface area (TPSA) is 56.9 Å². The van der Waals surface area contributed by atoms with Crippen LogP contribution in [-0.4, -0.2) is 19.9 Å². The molecule has 0 atom stereocenters. The molecule has 1 aromatic carbocycles. The molecule has 1 aliphatic rings. The minimum absolute atomic E-state index is 0.0686. The van der Waals surface area contributed by atoms with Gasteiger partial charge >= 0.3 is 0 Å². The normalized spacial score (nSPS) is 14.2. The maximum Gasteiger partial charge on any atom is 0.261 e. The Balaban J connectivity index is 1.71. The van der Waals surface area contributed by atoms with Crippen molar-refractivity contribution < 1.29 is 4.79 Å². The van der Waals surface area contributed by atoms with Gasteiger partial charge in [0.15, 0.2) is 5.78 Å². The van der Waals surface area contributed by atoms with E-state index >= 15 is 0 Å². The Bertz CT molecular complexity index is 1110. The number of nitrogens with zero attached hydrogens (tertiary/aromatic N) is 3. The van der Waals surface area contributed by atoms with Gasteiger partial charge in [-0.1, -0.05) is 23.2 Å². The molecule has 7 heteroatoms. The Labute approximate surface area is 160 Å². The van der Waals surface area contributed by atoms with Gasteiger partial charge in [-0.05, 0) is 44.9 Å². The molecule has 0 saturated heterocycles. The summed E-state index contributed by atoms with van der Waals surface area (Å²) in [5.74, 6) is -0.110. The number of fused-ring (bicyclic) bond motifs is 1. The zero-order valence-electron chi connectivity index (χ0n) is 14.4. The van der Waals surface area contributed by atoms with Gasteiger partial charge in [-0.2, -0.15) is 0 Å². The lowest BCUT2D eigenvalue weighted by Crippen LogP contribution is -2.25. The van der Waals surface area contributed by atoms with Crippen LogP contribution in [0.2, 0.25) is 10.0 Å².